The standard InChI is InChI=1S/C38H49NO10/c1-10-16-46-33(43)39-27(23-14-12-11-13-15-23)28(49-35(39,7)8)32(42)48-24-18-38(45)31(41)29-36(9,20(2)17-25-37(29,44)19-47-25)30(40)22(4)26(21(24)3)34(38,5)6/h1,11-15,20,22,24-25,27-29,31,41,44-45H,16-19H2,2-9H3/t20-,22+,24-,25+,27-,28+,29-,31-,36+,37-,38+/m0/s1. The molecule has 11 nitrogen and oxygen atoms in total. The summed E-state index contributed by atoms with van der Waals surface area (Å²) < 4.78 is 23.5. The highest BCUT2D eigenvalue weighted by atomic mass is 16.6. The Morgan fingerprint density at radius 2 is 1.76 bits per heavy atom. The molecule has 0 aromatic heterocycles. The molecule has 0 spiro atoms. The molecule has 1 aromatic carbocycles. The summed E-state index contributed by atoms with van der Waals surface area (Å²) in [6, 6.07) is 7.95. The van der Waals surface area contributed by atoms with E-state index in [-0.39, 0.29) is 31.3 Å². The Morgan fingerprint density at radius 1 is 1.10 bits per heavy atom. The van der Waals surface area contributed by atoms with Gasteiger partial charge in [-0.1, -0.05) is 70.9 Å². The van der Waals surface area contributed by atoms with Crippen molar-refractivity contribution < 1.29 is 48.7 Å². The summed E-state index contributed by atoms with van der Waals surface area (Å²) >= 11 is 0. The first kappa shape index (κ1) is 35.6. The summed E-state index contributed by atoms with van der Waals surface area (Å²) in [6.45, 7) is 13.8. The number of aliphatic hydroxyl groups is 3. The third kappa shape index (κ3) is 4.85. The number of terminal acetylenes is 1. The molecule has 3 N–H and O–H groups in total. The van der Waals surface area contributed by atoms with Crippen molar-refractivity contribution in [3.05, 3.63) is 47.0 Å². The first-order valence-corrected chi connectivity index (χ1v) is 17.1. The molecule has 2 aliphatic heterocycles. The molecule has 0 radical (unpaired) electrons. The van der Waals surface area contributed by atoms with Crippen molar-refractivity contribution in [1.82, 2.24) is 4.90 Å². The lowest BCUT2D eigenvalue weighted by Gasteiger charge is -2.67. The Labute approximate surface area is 287 Å². The lowest BCUT2D eigenvalue weighted by atomic mass is 9.42. The van der Waals surface area contributed by atoms with Gasteiger partial charge in [-0.3, -0.25) is 9.69 Å². The molecule has 4 fully saturated rings. The zero-order valence-corrected chi connectivity index (χ0v) is 29.6. The van der Waals surface area contributed by atoms with Crippen LogP contribution < -0.4 is 0 Å². The van der Waals surface area contributed by atoms with Crippen LogP contribution in [0.3, 0.4) is 0 Å². The number of esters is 1. The smallest absolute Gasteiger partial charge is 0.413 e. The van der Waals surface area contributed by atoms with Crippen molar-refractivity contribution in [3.63, 3.8) is 0 Å². The molecule has 6 rings (SSSR count). The molecule has 1 amide bonds. The number of amides is 1. The number of rotatable bonds is 4. The molecular formula is C38H49NO10. The van der Waals surface area contributed by atoms with Gasteiger partial charge in [0.05, 0.1) is 18.8 Å². The fourth-order valence-corrected chi connectivity index (χ4v) is 10.1. The average Bonchev–Trinajstić information content (AvgIpc) is 3.34. The van der Waals surface area contributed by atoms with Crippen LogP contribution in [0.1, 0.15) is 79.8 Å². The number of hydrogen-bond acceptors (Lipinski definition) is 10. The van der Waals surface area contributed by atoms with E-state index in [0.29, 0.717) is 23.1 Å². The lowest BCUT2D eigenvalue weighted by Crippen LogP contribution is -2.79. The third-order valence-corrected chi connectivity index (χ3v) is 12.8. The van der Waals surface area contributed by atoms with Crippen LogP contribution in [0.4, 0.5) is 4.79 Å². The van der Waals surface area contributed by atoms with Crippen LogP contribution in [0.25, 0.3) is 0 Å². The number of hydrogen-bond donors (Lipinski definition) is 3. The van der Waals surface area contributed by atoms with Gasteiger partial charge >= 0.3 is 12.1 Å². The van der Waals surface area contributed by atoms with E-state index in [1.165, 1.54) is 4.90 Å². The topological polar surface area (TPSA) is 152 Å². The molecule has 1 aromatic rings. The van der Waals surface area contributed by atoms with Crippen molar-refractivity contribution in [2.24, 2.45) is 28.6 Å². The van der Waals surface area contributed by atoms with Crippen molar-refractivity contribution in [2.75, 3.05) is 13.2 Å². The minimum absolute atomic E-state index is 0.0596. The molecule has 0 unspecified atom stereocenters. The van der Waals surface area contributed by atoms with Crippen molar-refractivity contribution >= 4 is 17.8 Å². The Hall–Kier alpha value is -3.27. The fraction of sp³-hybridized carbons (Fsp3) is 0.658. The Bertz CT molecular complexity index is 1610. The van der Waals surface area contributed by atoms with E-state index in [0.717, 1.165) is 0 Å². The van der Waals surface area contributed by atoms with Crippen LogP contribution in [-0.2, 0) is 28.5 Å². The summed E-state index contributed by atoms with van der Waals surface area (Å²) in [5, 5.41) is 37.2. The van der Waals surface area contributed by atoms with E-state index in [2.05, 4.69) is 5.92 Å². The maximum Gasteiger partial charge on any atom is 0.413 e. The van der Waals surface area contributed by atoms with Crippen LogP contribution in [-0.4, -0.2) is 92.6 Å². The number of ketones is 1. The number of nitrogens with zero attached hydrogens (tertiary/aromatic N) is 1. The van der Waals surface area contributed by atoms with Crippen molar-refractivity contribution in [1.29, 1.82) is 0 Å². The maximum absolute atomic E-state index is 14.7. The number of carbonyl (C=O) groups excluding carboxylic acids is 3. The predicted octanol–water partition coefficient (Wildman–Crippen LogP) is 3.70. The Kier molecular flexibility index (Phi) is 8.44. The van der Waals surface area contributed by atoms with Crippen LogP contribution in [0.5, 0.6) is 0 Å². The molecule has 2 bridgehead atoms. The fourth-order valence-electron chi connectivity index (χ4n) is 10.1. The highest BCUT2D eigenvalue weighted by molar-refractivity contribution is 5.91. The average molecular weight is 680 g/mol. The second kappa shape index (κ2) is 11.6. The summed E-state index contributed by atoms with van der Waals surface area (Å²) in [5.74, 6) is -0.684. The number of ether oxygens (including phenoxy) is 4. The van der Waals surface area contributed by atoms with Gasteiger partial charge in [-0.25, -0.2) is 9.59 Å². The van der Waals surface area contributed by atoms with Gasteiger partial charge in [-0.15, -0.1) is 6.42 Å². The van der Waals surface area contributed by atoms with Crippen LogP contribution in [0, 0.1) is 40.9 Å². The molecule has 2 saturated carbocycles. The second-order valence-corrected chi connectivity index (χ2v) is 16.0. The van der Waals surface area contributed by atoms with E-state index >= 15 is 0 Å². The number of carbonyl (C=O) groups is 3. The summed E-state index contributed by atoms with van der Waals surface area (Å²) in [7, 11) is 0. The van der Waals surface area contributed by atoms with Gasteiger partial charge in [0, 0.05) is 29.1 Å². The van der Waals surface area contributed by atoms with Gasteiger partial charge in [0.2, 0.25) is 0 Å². The monoisotopic (exact) mass is 679 g/mol. The van der Waals surface area contributed by atoms with Gasteiger partial charge < -0.3 is 34.3 Å². The van der Waals surface area contributed by atoms with E-state index in [1.54, 1.807) is 72.7 Å². The molecule has 266 valence electrons. The first-order valence-electron chi connectivity index (χ1n) is 17.1. The maximum atomic E-state index is 14.7. The van der Waals surface area contributed by atoms with Crippen molar-refractivity contribution in [3.8, 4) is 12.3 Å². The van der Waals surface area contributed by atoms with E-state index in [1.807, 2.05) is 13.0 Å². The first-order chi connectivity index (χ1) is 22.8. The van der Waals surface area contributed by atoms with E-state index in [9.17, 15) is 29.7 Å². The predicted molar refractivity (Wildman–Crippen MR) is 176 cm³/mol. The Balaban J connectivity index is 1.41. The van der Waals surface area contributed by atoms with Gasteiger partial charge in [-0.2, -0.15) is 0 Å². The lowest BCUT2D eigenvalue weighted by molar-refractivity contribution is -0.338. The largest absolute Gasteiger partial charge is 0.456 e. The molecular weight excluding hydrogens is 630 g/mol. The van der Waals surface area contributed by atoms with Crippen LogP contribution in [0.15, 0.2) is 41.5 Å². The van der Waals surface area contributed by atoms with Crippen molar-refractivity contribution in [2.45, 2.75) is 116 Å². The van der Waals surface area contributed by atoms with Gasteiger partial charge in [0.25, 0.3) is 0 Å². The summed E-state index contributed by atoms with van der Waals surface area (Å²) in [6.07, 6.45) is 0.296. The number of benzene rings is 1. The molecule has 2 saturated heterocycles. The van der Waals surface area contributed by atoms with E-state index in [4.69, 9.17) is 25.4 Å². The van der Waals surface area contributed by atoms with Gasteiger partial charge in [0.1, 0.15) is 34.9 Å². The highest BCUT2D eigenvalue weighted by Crippen LogP contribution is 2.64. The minimum atomic E-state index is -1.93. The third-order valence-electron chi connectivity index (χ3n) is 12.8. The van der Waals surface area contributed by atoms with Crippen LogP contribution in [0.2, 0.25) is 0 Å². The zero-order chi connectivity index (χ0) is 36.1. The second-order valence-electron chi connectivity index (χ2n) is 16.0. The van der Waals surface area contributed by atoms with Gasteiger partial charge in [-0.05, 0) is 49.8 Å². The Morgan fingerprint density at radius 3 is 2.35 bits per heavy atom. The summed E-state index contributed by atoms with van der Waals surface area (Å²) in [4.78, 5) is 43.6. The molecule has 11 heteroatoms. The van der Waals surface area contributed by atoms with Gasteiger partial charge in [0.15, 0.2) is 12.7 Å². The minimum Gasteiger partial charge on any atom is -0.456 e. The normalized spacial score (nSPS) is 42.1. The molecule has 5 aliphatic rings. The number of aliphatic hydroxyl groups excluding tert-OH is 1. The number of fused-ring (bicyclic) bond motifs is 5. The molecule has 49 heavy (non-hydrogen) atoms. The van der Waals surface area contributed by atoms with E-state index < -0.39 is 82.1 Å². The summed E-state index contributed by atoms with van der Waals surface area (Å²) in [5.41, 5.74) is -5.30. The quantitative estimate of drug-likeness (QED) is 0.244. The highest BCUT2D eigenvalue weighted by Gasteiger charge is 2.74. The number of Topliss-reactive ketones (excluding diaryl/α,β-unsaturated/α-hetero) is 1. The molecule has 2 heterocycles. The molecule has 11 atom stereocenters. The molecule has 3 aliphatic carbocycles. The zero-order valence-electron chi connectivity index (χ0n) is 29.6. The van der Waals surface area contributed by atoms with Crippen LogP contribution >= 0.6 is 0 Å². The SMILES string of the molecule is C#CCOC(=O)N1[C@@H](c2ccccc2)[C@H](C(=O)O[C@H]2C[C@@]3(O)[C@@H](O)[C@@H]4[C@]5(O)CO[C@@H]5C[C@H](C)[C@@]4(C)C(=O)[C@H](C)C(=C2C)C3(C)C)OC1(C)C.